The lowest BCUT2D eigenvalue weighted by atomic mass is 10.1. The van der Waals surface area contributed by atoms with Crippen LogP contribution in [-0.2, 0) is 11.3 Å². The predicted octanol–water partition coefficient (Wildman–Crippen LogP) is 6.16. The second kappa shape index (κ2) is 9.88. The molecular weight excluding hydrogens is 492 g/mol. The van der Waals surface area contributed by atoms with Gasteiger partial charge in [0.2, 0.25) is 0 Å². The molecule has 0 bridgehead atoms. The molecule has 1 fully saturated rings. The van der Waals surface area contributed by atoms with E-state index >= 15 is 0 Å². The fourth-order valence-corrected chi connectivity index (χ4v) is 5.10. The van der Waals surface area contributed by atoms with Crippen molar-refractivity contribution >= 4 is 46.0 Å². The third-order valence-corrected chi connectivity index (χ3v) is 7.09. The number of aromatic nitrogens is 2. The molecule has 0 unspecified atom stereocenters. The van der Waals surface area contributed by atoms with E-state index in [0.29, 0.717) is 32.6 Å². The average molecular weight is 513 g/mol. The number of carbonyl (C=O) groups is 1. The maximum atomic E-state index is 13.3. The minimum absolute atomic E-state index is 0.0304. The van der Waals surface area contributed by atoms with Crippen molar-refractivity contribution in [1.29, 1.82) is 0 Å². The van der Waals surface area contributed by atoms with Crippen LogP contribution in [0.3, 0.4) is 0 Å². The molecule has 3 aromatic carbocycles. The van der Waals surface area contributed by atoms with Crippen LogP contribution in [0.5, 0.6) is 0 Å². The lowest BCUT2D eigenvalue weighted by molar-refractivity contribution is -0.384. The molecule has 178 valence electrons. The number of nitrogens with zero attached hydrogens (tertiary/aromatic N) is 4. The highest BCUT2D eigenvalue weighted by Crippen LogP contribution is 2.36. The number of amides is 1. The molecule has 7 nitrogen and oxygen atoms in total. The number of thiocarbonyl (C=S) groups is 1. The summed E-state index contributed by atoms with van der Waals surface area (Å²) in [6.45, 7) is 2.41. The van der Waals surface area contributed by atoms with Crippen LogP contribution in [0.1, 0.15) is 16.7 Å². The van der Waals surface area contributed by atoms with Crippen molar-refractivity contribution in [1.82, 2.24) is 14.7 Å². The van der Waals surface area contributed by atoms with Crippen molar-refractivity contribution < 1.29 is 9.72 Å². The Balaban J connectivity index is 1.53. The van der Waals surface area contributed by atoms with Crippen molar-refractivity contribution in [3.05, 3.63) is 117 Å². The van der Waals surface area contributed by atoms with E-state index < -0.39 is 4.92 Å². The number of nitro benzene ring substituents is 1. The van der Waals surface area contributed by atoms with E-state index in [0.717, 1.165) is 16.8 Å². The molecule has 0 spiro atoms. The summed E-state index contributed by atoms with van der Waals surface area (Å²) in [5, 5.41) is 16.1. The number of hydrogen-bond donors (Lipinski definition) is 0. The van der Waals surface area contributed by atoms with Gasteiger partial charge in [0.15, 0.2) is 0 Å². The largest absolute Gasteiger partial charge is 0.288 e. The zero-order valence-corrected chi connectivity index (χ0v) is 20.8. The highest BCUT2D eigenvalue weighted by Gasteiger charge is 2.32. The Kier molecular flexibility index (Phi) is 6.49. The monoisotopic (exact) mass is 512 g/mol. The molecule has 2 heterocycles. The summed E-state index contributed by atoms with van der Waals surface area (Å²) < 4.78 is 2.19. The first-order chi connectivity index (χ1) is 17.4. The maximum Gasteiger partial charge on any atom is 0.270 e. The SMILES string of the molecule is Cc1ccc(CN2C(=O)/C(=C/c3cn(-c4ccccc4)nc3-c3cccc([N+](=O)[O-])c3)SC2=S)cc1. The van der Waals surface area contributed by atoms with Crippen LogP contribution in [0.4, 0.5) is 5.69 Å². The summed E-state index contributed by atoms with van der Waals surface area (Å²) in [5.74, 6) is -0.178. The van der Waals surface area contributed by atoms with Gasteiger partial charge in [-0.3, -0.25) is 19.8 Å². The van der Waals surface area contributed by atoms with Crippen LogP contribution in [0.25, 0.3) is 23.0 Å². The maximum absolute atomic E-state index is 13.3. The highest BCUT2D eigenvalue weighted by molar-refractivity contribution is 8.26. The standard InChI is InChI=1S/C27H20N4O3S2/c1-18-10-12-19(13-11-18)16-29-26(32)24(36-27(29)35)15-21-17-30(22-7-3-2-4-8-22)28-25(21)20-6-5-9-23(14-20)31(33)34/h2-15,17H,16H2,1H3/b24-15-. The predicted molar refractivity (Wildman–Crippen MR) is 146 cm³/mol. The number of rotatable bonds is 6. The summed E-state index contributed by atoms with van der Waals surface area (Å²) in [6, 6.07) is 23.8. The fraction of sp³-hybridized carbons (Fsp3) is 0.0741. The van der Waals surface area contributed by atoms with E-state index in [-0.39, 0.29) is 11.6 Å². The van der Waals surface area contributed by atoms with Gasteiger partial charge in [-0.05, 0) is 30.7 Å². The van der Waals surface area contributed by atoms with E-state index in [1.54, 1.807) is 27.8 Å². The van der Waals surface area contributed by atoms with Gasteiger partial charge in [0.25, 0.3) is 11.6 Å². The van der Waals surface area contributed by atoms with E-state index in [1.807, 2.05) is 67.7 Å². The molecule has 1 amide bonds. The summed E-state index contributed by atoms with van der Waals surface area (Å²) in [4.78, 5) is 26.3. The van der Waals surface area contributed by atoms with Crippen LogP contribution in [-0.4, -0.2) is 29.8 Å². The first-order valence-electron chi connectivity index (χ1n) is 11.1. The van der Waals surface area contributed by atoms with Gasteiger partial charge in [0.05, 0.1) is 22.1 Å². The molecule has 1 saturated heterocycles. The first kappa shape index (κ1) is 23.7. The second-order valence-corrected chi connectivity index (χ2v) is 9.95. The Morgan fingerprint density at radius 3 is 2.53 bits per heavy atom. The Morgan fingerprint density at radius 1 is 1.06 bits per heavy atom. The number of non-ortho nitro benzene ring substituents is 1. The van der Waals surface area contributed by atoms with Gasteiger partial charge in [-0.25, -0.2) is 4.68 Å². The zero-order chi connectivity index (χ0) is 25.2. The van der Waals surface area contributed by atoms with E-state index in [1.165, 1.54) is 23.9 Å². The Hall–Kier alpha value is -4.08. The lowest BCUT2D eigenvalue weighted by Gasteiger charge is -2.14. The molecule has 0 radical (unpaired) electrons. The average Bonchev–Trinajstić information content (AvgIpc) is 3.42. The van der Waals surface area contributed by atoms with Crippen molar-refractivity contribution in [2.75, 3.05) is 0 Å². The van der Waals surface area contributed by atoms with Gasteiger partial charge in [-0.1, -0.05) is 84.1 Å². The first-order valence-corrected chi connectivity index (χ1v) is 12.3. The van der Waals surface area contributed by atoms with Crippen molar-refractivity contribution in [2.24, 2.45) is 0 Å². The minimum atomic E-state index is -0.437. The van der Waals surface area contributed by atoms with Crippen LogP contribution >= 0.6 is 24.0 Å². The normalized spacial score (nSPS) is 14.6. The minimum Gasteiger partial charge on any atom is -0.288 e. The third-order valence-electron chi connectivity index (χ3n) is 5.72. The van der Waals surface area contributed by atoms with E-state index in [9.17, 15) is 14.9 Å². The van der Waals surface area contributed by atoms with Crippen LogP contribution in [0.2, 0.25) is 0 Å². The molecule has 0 saturated carbocycles. The van der Waals surface area contributed by atoms with Crippen molar-refractivity contribution in [2.45, 2.75) is 13.5 Å². The quantitative estimate of drug-likeness (QED) is 0.133. The number of nitro groups is 1. The van der Waals surface area contributed by atoms with Gasteiger partial charge < -0.3 is 0 Å². The smallest absolute Gasteiger partial charge is 0.270 e. The summed E-state index contributed by atoms with van der Waals surface area (Å²) >= 11 is 6.76. The lowest BCUT2D eigenvalue weighted by Crippen LogP contribution is -2.27. The molecule has 4 aromatic rings. The molecule has 5 rings (SSSR count). The van der Waals surface area contributed by atoms with E-state index in [2.05, 4.69) is 0 Å². The van der Waals surface area contributed by atoms with Crippen LogP contribution < -0.4 is 0 Å². The third kappa shape index (κ3) is 4.84. The number of para-hydroxylation sites is 1. The zero-order valence-electron chi connectivity index (χ0n) is 19.2. The fourth-order valence-electron chi connectivity index (χ4n) is 3.85. The Bertz CT molecular complexity index is 1510. The van der Waals surface area contributed by atoms with Gasteiger partial charge in [-0.15, -0.1) is 0 Å². The molecule has 36 heavy (non-hydrogen) atoms. The van der Waals surface area contributed by atoms with Crippen molar-refractivity contribution in [3.63, 3.8) is 0 Å². The summed E-state index contributed by atoms with van der Waals surface area (Å²) in [7, 11) is 0. The summed E-state index contributed by atoms with van der Waals surface area (Å²) in [5.41, 5.74) is 4.72. The molecule has 0 atom stereocenters. The van der Waals surface area contributed by atoms with Crippen LogP contribution in [0.15, 0.2) is 90.0 Å². The molecule has 1 aliphatic heterocycles. The number of thioether (sulfide) groups is 1. The number of carbonyl (C=O) groups excluding carboxylic acids is 1. The van der Waals surface area contributed by atoms with E-state index in [4.69, 9.17) is 17.3 Å². The molecule has 0 aliphatic carbocycles. The second-order valence-electron chi connectivity index (χ2n) is 8.27. The number of hydrogen-bond acceptors (Lipinski definition) is 6. The molecule has 0 N–H and O–H groups in total. The van der Waals surface area contributed by atoms with Gasteiger partial charge in [-0.2, -0.15) is 5.10 Å². The topological polar surface area (TPSA) is 81.3 Å². The van der Waals surface area contributed by atoms with Crippen LogP contribution in [0, 0.1) is 17.0 Å². The number of benzene rings is 3. The van der Waals surface area contributed by atoms with Gasteiger partial charge in [0, 0.05) is 29.5 Å². The molecule has 9 heteroatoms. The number of aryl methyl sites for hydroxylation is 1. The Labute approximate surface area is 217 Å². The highest BCUT2D eigenvalue weighted by atomic mass is 32.2. The van der Waals surface area contributed by atoms with Crippen molar-refractivity contribution in [3.8, 4) is 16.9 Å². The summed E-state index contributed by atoms with van der Waals surface area (Å²) in [6.07, 6.45) is 3.57. The van der Waals surface area contributed by atoms with Gasteiger partial charge >= 0.3 is 0 Å². The molecular formula is C27H20N4O3S2. The Morgan fingerprint density at radius 2 is 1.81 bits per heavy atom. The molecule has 1 aromatic heterocycles. The molecule has 1 aliphatic rings. The van der Waals surface area contributed by atoms with Gasteiger partial charge in [0.1, 0.15) is 10.0 Å².